The van der Waals surface area contributed by atoms with Gasteiger partial charge in [0.05, 0.1) is 31.3 Å². The maximum Gasteiger partial charge on any atom is 0.351 e. The van der Waals surface area contributed by atoms with Crippen LogP contribution in [0.5, 0.6) is 11.5 Å². The molecule has 0 saturated heterocycles. The van der Waals surface area contributed by atoms with Crippen LogP contribution in [-0.2, 0) is 13.6 Å². The highest BCUT2D eigenvalue weighted by atomic mass is 31.2. The van der Waals surface area contributed by atoms with E-state index < -0.39 is 24.1 Å². The van der Waals surface area contributed by atoms with Gasteiger partial charge in [-0.2, -0.15) is 0 Å². The Morgan fingerprint density at radius 1 is 1.36 bits per heavy atom. The summed E-state index contributed by atoms with van der Waals surface area (Å²) < 4.78 is 27.7. The summed E-state index contributed by atoms with van der Waals surface area (Å²) in [5, 5.41) is 21.1. The lowest BCUT2D eigenvalue weighted by atomic mass is 10.1. The van der Waals surface area contributed by atoms with E-state index in [1.165, 1.54) is 7.11 Å². The first-order valence-corrected chi connectivity index (χ1v) is 8.11. The van der Waals surface area contributed by atoms with Gasteiger partial charge in [-0.05, 0) is 13.8 Å². The molecule has 0 unspecified atom stereocenters. The molecule has 0 amide bonds. The Balaban J connectivity index is 3.42. The van der Waals surface area contributed by atoms with Crippen LogP contribution in [0, 0.1) is 10.1 Å². The van der Waals surface area contributed by atoms with E-state index in [0.29, 0.717) is 0 Å². The molecule has 0 bridgehead atoms. The molecule has 124 valence electrons. The van der Waals surface area contributed by atoms with Gasteiger partial charge in [0.25, 0.3) is 5.69 Å². The number of ether oxygens (including phenoxy) is 1. The van der Waals surface area contributed by atoms with Crippen molar-refractivity contribution >= 4 is 13.3 Å². The van der Waals surface area contributed by atoms with Gasteiger partial charge in [0.15, 0.2) is 11.5 Å². The molecule has 0 aliphatic carbocycles. The molecule has 1 rings (SSSR count). The summed E-state index contributed by atoms with van der Waals surface area (Å²) >= 11 is 0. The van der Waals surface area contributed by atoms with E-state index in [0.717, 1.165) is 12.1 Å². The Kier molecular flexibility index (Phi) is 6.31. The van der Waals surface area contributed by atoms with Gasteiger partial charge in [-0.3, -0.25) is 14.7 Å². The molecule has 1 aromatic rings. The zero-order valence-corrected chi connectivity index (χ0v) is 13.4. The van der Waals surface area contributed by atoms with Crippen LogP contribution >= 0.6 is 7.60 Å². The normalized spacial score (nSPS) is 12.9. The molecule has 0 heterocycles. The quantitative estimate of drug-likeness (QED) is 0.421. The number of phenolic OH excluding ortho intramolecular Hbond substituents is 1. The van der Waals surface area contributed by atoms with Crippen LogP contribution in [0.25, 0.3) is 0 Å². The van der Waals surface area contributed by atoms with Crippen LogP contribution in [-0.4, -0.2) is 30.4 Å². The van der Waals surface area contributed by atoms with Gasteiger partial charge in [0.1, 0.15) is 5.78 Å². The predicted octanol–water partition coefficient (Wildman–Crippen LogP) is 2.53. The molecular weight excluding hydrogens is 315 g/mol. The number of nitro groups is 1. The number of hydrogen-bond acceptors (Lipinski definition) is 8. The van der Waals surface area contributed by atoms with Crippen LogP contribution in [0.15, 0.2) is 12.1 Å². The number of nitrogens with zero attached hydrogens (tertiary/aromatic N) is 1. The van der Waals surface area contributed by atoms with Crippen LogP contribution < -0.4 is 10.5 Å². The molecule has 10 heteroatoms. The number of aromatic hydroxyl groups is 1. The summed E-state index contributed by atoms with van der Waals surface area (Å²) in [5.74, 6) is -1.99. The molecule has 0 aliphatic rings. The van der Waals surface area contributed by atoms with Gasteiger partial charge in [-0.1, -0.05) is 0 Å². The first-order chi connectivity index (χ1) is 10.3. The van der Waals surface area contributed by atoms with Crippen LogP contribution in [0.2, 0.25) is 0 Å². The predicted molar refractivity (Wildman–Crippen MR) is 79.1 cm³/mol. The van der Waals surface area contributed by atoms with E-state index in [4.69, 9.17) is 19.5 Å². The molecule has 9 nitrogen and oxygen atoms in total. The summed E-state index contributed by atoms with van der Waals surface area (Å²) in [6.45, 7) is 3.34. The minimum atomic E-state index is -3.80. The average Bonchev–Trinajstić information content (AvgIpc) is 2.47. The Morgan fingerprint density at radius 2 is 1.91 bits per heavy atom. The fraction of sp³-hybridized carbons (Fsp3) is 0.500. The highest BCUT2D eigenvalue weighted by Crippen LogP contribution is 2.60. The molecule has 22 heavy (non-hydrogen) atoms. The molecule has 0 fully saturated rings. The van der Waals surface area contributed by atoms with Gasteiger partial charge < -0.3 is 24.6 Å². The molecule has 1 atom stereocenters. The van der Waals surface area contributed by atoms with Gasteiger partial charge in [-0.15, -0.1) is 0 Å². The zero-order valence-electron chi connectivity index (χ0n) is 12.5. The third-order valence-corrected chi connectivity index (χ3v) is 4.99. The summed E-state index contributed by atoms with van der Waals surface area (Å²) in [4.78, 5) is 10.3. The molecule has 0 aliphatic heterocycles. The standard InChI is InChI=1S/C12H19N2O7P/c1-4-20-22(18,21-5-2)12(13)9-6-8(14(16)17)7-10(19-3)11(9)15/h6-7,12,15H,4-5,13H2,1-3H3/t12-/m0/s1. The van der Waals surface area contributed by atoms with E-state index in [1.807, 2.05) is 0 Å². The first-order valence-electron chi connectivity index (χ1n) is 6.50. The number of nitrogens with two attached hydrogens (primary N) is 1. The second-order valence-electron chi connectivity index (χ2n) is 4.16. The van der Waals surface area contributed by atoms with Crippen molar-refractivity contribution in [3.8, 4) is 11.5 Å². The molecule has 0 aromatic heterocycles. The number of phenols is 1. The summed E-state index contributed by atoms with van der Waals surface area (Å²) in [5.41, 5.74) is 5.38. The van der Waals surface area contributed by atoms with Crippen molar-refractivity contribution in [3.05, 3.63) is 27.8 Å². The lowest BCUT2D eigenvalue weighted by Crippen LogP contribution is -2.15. The monoisotopic (exact) mass is 334 g/mol. The largest absolute Gasteiger partial charge is 0.504 e. The Labute approximate surface area is 127 Å². The molecule has 0 saturated carbocycles. The molecular formula is C12H19N2O7P. The molecule has 3 N–H and O–H groups in total. The number of rotatable bonds is 8. The topological polar surface area (TPSA) is 134 Å². The first kappa shape index (κ1) is 18.4. The minimum absolute atomic E-state index is 0.0673. The second kappa shape index (κ2) is 7.55. The van der Waals surface area contributed by atoms with Crippen molar-refractivity contribution in [2.75, 3.05) is 20.3 Å². The zero-order chi connectivity index (χ0) is 16.9. The van der Waals surface area contributed by atoms with E-state index in [2.05, 4.69) is 0 Å². The lowest BCUT2D eigenvalue weighted by Gasteiger charge is -2.24. The summed E-state index contributed by atoms with van der Waals surface area (Å²) in [7, 11) is -2.57. The van der Waals surface area contributed by atoms with Gasteiger partial charge >= 0.3 is 7.60 Å². The Bertz CT molecular complexity index is 583. The molecule has 0 radical (unpaired) electrons. The van der Waals surface area contributed by atoms with Crippen LogP contribution in [0.3, 0.4) is 0 Å². The van der Waals surface area contributed by atoms with Crippen molar-refractivity contribution in [2.45, 2.75) is 19.6 Å². The van der Waals surface area contributed by atoms with Gasteiger partial charge in [0, 0.05) is 11.6 Å². The minimum Gasteiger partial charge on any atom is -0.504 e. The SMILES string of the molecule is CCOP(=O)(OCC)[C@H](N)c1cc([N+](=O)[O-])cc(OC)c1O. The van der Waals surface area contributed by atoms with Crippen LogP contribution in [0.4, 0.5) is 5.69 Å². The summed E-state index contributed by atoms with van der Waals surface area (Å²) in [6, 6.07) is 2.06. The van der Waals surface area contributed by atoms with Crippen molar-refractivity contribution in [2.24, 2.45) is 5.73 Å². The Hall–Kier alpha value is -1.67. The van der Waals surface area contributed by atoms with Crippen molar-refractivity contribution < 1.29 is 28.4 Å². The highest BCUT2D eigenvalue weighted by molar-refractivity contribution is 7.54. The number of nitro benzene ring substituents is 1. The van der Waals surface area contributed by atoms with E-state index in [-0.39, 0.29) is 30.2 Å². The molecule has 0 spiro atoms. The van der Waals surface area contributed by atoms with Gasteiger partial charge in [0.2, 0.25) is 0 Å². The smallest absolute Gasteiger partial charge is 0.351 e. The lowest BCUT2D eigenvalue weighted by molar-refractivity contribution is -0.385. The fourth-order valence-electron chi connectivity index (χ4n) is 1.83. The van der Waals surface area contributed by atoms with E-state index in [9.17, 15) is 19.8 Å². The van der Waals surface area contributed by atoms with Crippen molar-refractivity contribution in [1.82, 2.24) is 0 Å². The van der Waals surface area contributed by atoms with Crippen molar-refractivity contribution in [1.29, 1.82) is 0 Å². The fourth-order valence-corrected chi connectivity index (χ4v) is 3.48. The third-order valence-electron chi connectivity index (χ3n) is 2.80. The highest BCUT2D eigenvalue weighted by Gasteiger charge is 2.37. The maximum absolute atomic E-state index is 12.7. The van der Waals surface area contributed by atoms with E-state index in [1.54, 1.807) is 13.8 Å². The van der Waals surface area contributed by atoms with Gasteiger partial charge in [-0.25, -0.2) is 0 Å². The Morgan fingerprint density at radius 3 is 2.32 bits per heavy atom. The number of non-ortho nitro benzene ring substituents is 1. The number of benzene rings is 1. The second-order valence-corrected chi connectivity index (χ2v) is 6.32. The number of methoxy groups -OCH3 is 1. The van der Waals surface area contributed by atoms with E-state index >= 15 is 0 Å². The third kappa shape index (κ3) is 3.75. The van der Waals surface area contributed by atoms with Crippen LogP contribution in [0.1, 0.15) is 25.2 Å². The summed E-state index contributed by atoms with van der Waals surface area (Å²) in [6.07, 6.45) is 0. The average molecular weight is 334 g/mol. The molecule has 1 aromatic carbocycles. The maximum atomic E-state index is 12.7. The number of hydrogen-bond donors (Lipinski definition) is 2. The van der Waals surface area contributed by atoms with Crippen molar-refractivity contribution in [3.63, 3.8) is 0 Å².